The van der Waals surface area contributed by atoms with Crippen LogP contribution in [0.4, 0.5) is 4.39 Å². The van der Waals surface area contributed by atoms with Gasteiger partial charge in [-0.3, -0.25) is 4.79 Å². The third-order valence-electron chi connectivity index (χ3n) is 5.27. The van der Waals surface area contributed by atoms with Crippen molar-refractivity contribution < 1.29 is 43.5 Å². The normalized spacial score (nSPS) is 24.8. The van der Waals surface area contributed by atoms with Gasteiger partial charge in [-0.15, -0.1) is 0 Å². The van der Waals surface area contributed by atoms with Crippen LogP contribution in [-0.4, -0.2) is 64.4 Å². The maximum absolute atomic E-state index is 13.1. The number of hydrogen-bond donors (Lipinski definition) is 4. The third kappa shape index (κ3) is 5.85. The number of carboxylic acids is 1. The summed E-state index contributed by atoms with van der Waals surface area (Å²) in [5.41, 5.74) is 0.986. The standard InChI is InChI=1S/C23H26FNO8/c1-12-4-3-5-16(18(12)22(29)30)32-23-19(25-13(2)27)20(28)21(17(10-26)33-23)31-11-14-6-8-15(24)9-7-14/h3-9,17,19-21,23,26,28H,10-11H2,1-2H3,(H,25,27)(H,29,30). The summed E-state index contributed by atoms with van der Waals surface area (Å²) in [6.07, 6.45) is -4.79. The number of halogens is 1. The van der Waals surface area contributed by atoms with Crippen molar-refractivity contribution in [1.82, 2.24) is 5.32 Å². The van der Waals surface area contributed by atoms with Crippen molar-refractivity contribution in [2.75, 3.05) is 6.61 Å². The first-order valence-corrected chi connectivity index (χ1v) is 10.3. The highest BCUT2D eigenvalue weighted by Gasteiger charge is 2.47. The number of hydrogen-bond acceptors (Lipinski definition) is 7. The molecule has 0 saturated carbocycles. The van der Waals surface area contributed by atoms with Crippen molar-refractivity contribution in [2.45, 2.75) is 51.1 Å². The van der Waals surface area contributed by atoms with Crippen molar-refractivity contribution >= 4 is 11.9 Å². The Bertz CT molecular complexity index is 983. The van der Waals surface area contributed by atoms with Gasteiger partial charge in [-0.05, 0) is 36.2 Å². The lowest BCUT2D eigenvalue weighted by Crippen LogP contribution is -2.66. The summed E-state index contributed by atoms with van der Waals surface area (Å²) in [5, 5.41) is 32.9. The van der Waals surface area contributed by atoms with Gasteiger partial charge in [-0.25, -0.2) is 9.18 Å². The predicted octanol–water partition coefficient (Wildman–Crippen LogP) is 1.38. The van der Waals surface area contributed by atoms with Gasteiger partial charge in [0, 0.05) is 6.92 Å². The lowest BCUT2D eigenvalue weighted by molar-refractivity contribution is -0.257. The van der Waals surface area contributed by atoms with Gasteiger partial charge in [-0.1, -0.05) is 24.3 Å². The number of aliphatic hydroxyl groups excluding tert-OH is 2. The highest BCUT2D eigenvalue weighted by atomic mass is 19.1. The average molecular weight is 463 g/mol. The van der Waals surface area contributed by atoms with Crippen LogP contribution in [0.15, 0.2) is 42.5 Å². The molecule has 0 spiro atoms. The van der Waals surface area contributed by atoms with Gasteiger partial charge in [0.25, 0.3) is 0 Å². The number of aromatic carboxylic acids is 1. The van der Waals surface area contributed by atoms with Crippen LogP contribution in [-0.2, 0) is 20.9 Å². The number of amides is 1. The Morgan fingerprint density at radius 2 is 1.88 bits per heavy atom. The van der Waals surface area contributed by atoms with E-state index in [1.54, 1.807) is 19.1 Å². The summed E-state index contributed by atoms with van der Waals surface area (Å²) in [6.45, 7) is 2.29. The van der Waals surface area contributed by atoms with Crippen LogP contribution in [0.5, 0.6) is 5.75 Å². The summed E-state index contributed by atoms with van der Waals surface area (Å²) in [7, 11) is 0. The summed E-state index contributed by atoms with van der Waals surface area (Å²) >= 11 is 0. The summed E-state index contributed by atoms with van der Waals surface area (Å²) in [6, 6.07) is 9.07. The van der Waals surface area contributed by atoms with E-state index in [4.69, 9.17) is 14.2 Å². The van der Waals surface area contributed by atoms with E-state index in [9.17, 15) is 29.3 Å². The zero-order valence-corrected chi connectivity index (χ0v) is 18.1. The summed E-state index contributed by atoms with van der Waals surface area (Å²) in [5.74, 6) is -2.12. The van der Waals surface area contributed by atoms with Gasteiger partial charge in [-0.2, -0.15) is 0 Å². The number of carbonyl (C=O) groups is 2. The van der Waals surface area contributed by atoms with Gasteiger partial charge in [0.2, 0.25) is 12.2 Å². The molecule has 9 nitrogen and oxygen atoms in total. The van der Waals surface area contributed by atoms with Crippen molar-refractivity contribution in [1.29, 1.82) is 0 Å². The van der Waals surface area contributed by atoms with Crippen molar-refractivity contribution in [3.8, 4) is 5.75 Å². The molecule has 33 heavy (non-hydrogen) atoms. The van der Waals surface area contributed by atoms with Crippen molar-refractivity contribution in [3.05, 3.63) is 65.0 Å². The lowest BCUT2D eigenvalue weighted by Gasteiger charge is -2.44. The first-order chi connectivity index (χ1) is 15.7. The van der Waals surface area contributed by atoms with Gasteiger partial charge in [0.1, 0.15) is 41.5 Å². The molecule has 1 amide bonds. The van der Waals surface area contributed by atoms with E-state index in [0.717, 1.165) is 0 Å². The third-order valence-corrected chi connectivity index (χ3v) is 5.27. The maximum atomic E-state index is 13.1. The molecule has 1 aliphatic rings. The molecule has 5 unspecified atom stereocenters. The fourth-order valence-corrected chi connectivity index (χ4v) is 3.67. The highest BCUT2D eigenvalue weighted by molar-refractivity contribution is 5.92. The van der Waals surface area contributed by atoms with E-state index >= 15 is 0 Å². The van der Waals surface area contributed by atoms with Crippen LogP contribution >= 0.6 is 0 Å². The fraction of sp³-hybridized carbons (Fsp3) is 0.391. The lowest BCUT2D eigenvalue weighted by atomic mass is 9.96. The van der Waals surface area contributed by atoms with Crippen LogP contribution in [0.1, 0.15) is 28.4 Å². The SMILES string of the molecule is CC(=O)NC1C(Oc2cccc(C)c2C(=O)O)OC(CO)C(OCc2ccc(F)cc2)C1O. The Hall–Kier alpha value is -3.05. The smallest absolute Gasteiger partial charge is 0.339 e. The quantitative estimate of drug-likeness (QED) is 0.461. The topological polar surface area (TPSA) is 135 Å². The molecular weight excluding hydrogens is 437 g/mol. The van der Waals surface area contributed by atoms with Crippen LogP contribution in [0.25, 0.3) is 0 Å². The Kier molecular flexibility index (Phi) is 7.98. The van der Waals surface area contributed by atoms with Gasteiger partial charge in [0.05, 0.1) is 13.2 Å². The molecule has 2 aromatic rings. The molecule has 3 rings (SSSR count). The fourth-order valence-electron chi connectivity index (χ4n) is 3.67. The number of aliphatic hydroxyl groups is 2. The minimum atomic E-state index is -1.37. The monoisotopic (exact) mass is 463 g/mol. The van der Waals surface area contributed by atoms with Crippen LogP contribution in [0, 0.1) is 12.7 Å². The molecule has 1 heterocycles. The number of rotatable bonds is 8. The largest absolute Gasteiger partial charge is 0.478 e. The number of benzene rings is 2. The maximum Gasteiger partial charge on any atom is 0.339 e. The second-order valence-corrected chi connectivity index (χ2v) is 7.72. The first-order valence-electron chi connectivity index (χ1n) is 10.3. The molecule has 0 aliphatic carbocycles. The Balaban J connectivity index is 1.84. The molecule has 0 bridgehead atoms. The van der Waals surface area contributed by atoms with Crippen molar-refractivity contribution in [2.24, 2.45) is 0 Å². The van der Waals surface area contributed by atoms with Crippen LogP contribution in [0.2, 0.25) is 0 Å². The number of ether oxygens (including phenoxy) is 3. The van der Waals surface area contributed by atoms with E-state index in [1.165, 1.54) is 37.3 Å². The molecule has 1 fully saturated rings. The summed E-state index contributed by atoms with van der Waals surface area (Å²) in [4.78, 5) is 23.5. The minimum Gasteiger partial charge on any atom is -0.478 e. The average Bonchev–Trinajstić information content (AvgIpc) is 2.76. The molecule has 5 atom stereocenters. The van der Waals surface area contributed by atoms with Crippen LogP contribution in [0.3, 0.4) is 0 Å². The van der Waals surface area contributed by atoms with E-state index < -0.39 is 54.9 Å². The first kappa shape index (κ1) is 24.6. The molecule has 1 saturated heterocycles. The molecule has 0 aromatic heterocycles. The number of carboxylic acid groups (broad SMARTS) is 1. The second-order valence-electron chi connectivity index (χ2n) is 7.72. The number of aryl methyl sites for hydroxylation is 1. The van der Waals surface area contributed by atoms with Crippen LogP contribution < -0.4 is 10.1 Å². The number of carbonyl (C=O) groups excluding carboxylic acids is 1. The van der Waals surface area contributed by atoms with Gasteiger partial charge < -0.3 is 34.8 Å². The molecule has 4 N–H and O–H groups in total. The van der Waals surface area contributed by atoms with E-state index in [-0.39, 0.29) is 17.9 Å². The Labute approximate surface area is 189 Å². The minimum absolute atomic E-state index is 0.0127. The molecule has 1 aliphatic heterocycles. The second kappa shape index (κ2) is 10.7. The molecular formula is C23H26FNO8. The molecule has 0 radical (unpaired) electrons. The summed E-state index contributed by atoms with van der Waals surface area (Å²) < 4.78 is 30.5. The molecule has 10 heteroatoms. The highest BCUT2D eigenvalue weighted by Crippen LogP contribution is 2.29. The predicted molar refractivity (Wildman–Crippen MR) is 113 cm³/mol. The van der Waals surface area contributed by atoms with E-state index in [2.05, 4.69) is 5.32 Å². The Morgan fingerprint density at radius 3 is 2.48 bits per heavy atom. The molecule has 178 valence electrons. The zero-order chi connectivity index (χ0) is 24.1. The van der Waals surface area contributed by atoms with Gasteiger partial charge >= 0.3 is 5.97 Å². The molecule has 2 aromatic carbocycles. The van der Waals surface area contributed by atoms with Gasteiger partial charge in [0.15, 0.2) is 0 Å². The zero-order valence-electron chi connectivity index (χ0n) is 18.1. The Morgan fingerprint density at radius 1 is 1.18 bits per heavy atom. The van der Waals surface area contributed by atoms with Crippen molar-refractivity contribution in [3.63, 3.8) is 0 Å². The van der Waals surface area contributed by atoms with E-state index in [0.29, 0.717) is 11.1 Å². The number of nitrogens with one attached hydrogen (secondary N) is 1. The van der Waals surface area contributed by atoms with E-state index in [1.807, 2.05) is 0 Å².